The van der Waals surface area contributed by atoms with Crippen molar-refractivity contribution in [3.63, 3.8) is 0 Å². The van der Waals surface area contributed by atoms with Crippen LogP contribution < -0.4 is 5.32 Å². The summed E-state index contributed by atoms with van der Waals surface area (Å²) in [4.78, 5) is 14.6. The van der Waals surface area contributed by atoms with E-state index in [1.54, 1.807) is 0 Å². The van der Waals surface area contributed by atoms with Crippen molar-refractivity contribution in [2.24, 2.45) is 0 Å². The monoisotopic (exact) mass is 188 g/mol. The molecule has 0 radical (unpaired) electrons. The minimum absolute atomic E-state index is 0.0180. The Hall–Kier alpha value is -1.77. The highest BCUT2D eigenvalue weighted by Gasteiger charge is 2.04. The Labute approximate surface area is 82.1 Å². The Morgan fingerprint density at radius 3 is 3.07 bits per heavy atom. The summed E-state index contributed by atoms with van der Waals surface area (Å²) in [6.45, 7) is 2.57. The summed E-state index contributed by atoms with van der Waals surface area (Å²) in [5.41, 5.74) is 1.76. The van der Waals surface area contributed by atoms with E-state index in [-0.39, 0.29) is 5.91 Å². The van der Waals surface area contributed by atoms with Gasteiger partial charge in [0.25, 0.3) is 5.91 Å². The van der Waals surface area contributed by atoms with Gasteiger partial charge in [-0.3, -0.25) is 4.79 Å². The lowest BCUT2D eigenvalue weighted by molar-refractivity contribution is 0.0956. The Morgan fingerprint density at radius 1 is 1.43 bits per heavy atom. The van der Waals surface area contributed by atoms with E-state index in [1.807, 2.05) is 37.4 Å². The molecule has 3 heteroatoms. The molecule has 0 unspecified atom stereocenters. The minimum atomic E-state index is -0.0180. The van der Waals surface area contributed by atoms with Crippen LogP contribution in [0.5, 0.6) is 0 Å². The van der Waals surface area contributed by atoms with Gasteiger partial charge in [0.05, 0.1) is 0 Å². The predicted molar refractivity (Wildman–Crippen MR) is 56.3 cm³/mol. The van der Waals surface area contributed by atoms with Gasteiger partial charge >= 0.3 is 0 Å². The average Bonchev–Trinajstić information content (AvgIpc) is 2.64. The van der Waals surface area contributed by atoms with Crippen LogP contribution in [-0.2, 0) is 0 Å². The number of hydrogen-bond donors (Lipinski definition) is 2. The molecule has 14 heavy (non-hydrogen) atoms. The van der Waals surface area contributed by atoms with E-state index in [1.165, 1.54) is 0 Å². The van der Waals surface area contributed by atoms with E-state index in [9.17, 15) is 4.79 Å². The van der Waals surface area contributed by atoms with Crippen LogP contribution in [0, 0.1) is 0 Å². The molecular weight excluding hydrogens is 176 g/mol. The second-order valence-electron chi connectivity index (χ2n) is 3.14. The van der Waals surface area contributed by atoms with Gasteiger partial charge in [0.1, 0.15) is 0 Å². The van der Waals surface area contributed by atoms with Crippen LogP contribution in [0.15, 0.2) is 30.5 Å². The van der Waals surface area contributed by atoms with Crippen molar-refractivity contribution in [3.8, 4) is 0 Å². The average molecular weight is 188 g/mol. The Morgan fingerprint density at radius 2 is 2.29 bits per heavy atom. The zero-order chi connectivity index (χ0) is 9.97. The molecule has 0 fully saturated rings. The van der Waals surface area contributed by atoms with Crippen molar-refractivity contribution in [1.29, 1.82) is 0 Å². The van der Waals surface area contributed by atoms with Gasteiger partial charge in [0.15, 0.2) is 0 Å². The molecule has 0 aliphatic heterocycles. The van der Waals surface area contributed by atoms with E-state index in [0.29, 0.717) is 12.1 Å². The lowest BCUT2D eigenvalue weighted by Gasteiger charge is -2.01. The summed E-state index contributed by atoms with van der Waals surface area (Å²) in [6.07, 6.45) is 1.87. The van der Waals surface area contributed by atoms with Gasteiger partial charge in [-0.15, -0.1) is 0 Å². The highest BCUT2D eigenvalue weighted by atomic mass is 16.1. The molecule has 72 valence electrons. The highest BCUT2D eigenvalue weighted by molar-refractivity contribution is 5.97. The van der Waals surface area contributed by atoms with E-state index in [0.717, 1.165) is 10.9 Å². The van der Waals surface area contributed by atoms with Gasteiger partial charge in [-0.25, -0.2) is 0 Å². The molecule has 2 aromatic rings. The largest absolute Gasteiger partial charge is 0.361 e. The maximum atomic E-state index is 11.5. The lowest BCUT2D eigenvalue weighted by Crippen LogP contribution is -2.22. The molecule has 0 bridgehead atoms. The summed E-state index contributed by atoms with van der Waals surface area (Å²) in [6, 6.07) is 7.58. The topological polar surface area (TPSA) is 44.9 Å². The van der Waals surface area contributed by atoms with E-state index in [2.05, 4.69) is 10.3 Å². The number of nitrogens with one attached hydrogen (secondary N) is 2. The lowest BCUT2D eigenvalue weighted by atomic mass is 10.1. The highest BCUT2D eigenvalue weighted by Crippen LogP contribution is 2.13. The summed E-state index contributed by atoms with van der Waals surface area (Å²) in [5, 5.41) is 3.83. The fourth-order valence-electron chi connectivity index (χ4n) is 1.46. The van der Waals surface area contributed by atoms with Crippen molar-refractivity contribution in [3.05, 3.63) is 36.0 Å². The van der Waals surface area contributed by atoms with Crippen LogP contribution in [0.25, 0.3) is 10.9 Å². The number of hydrogen-bond acceptors (Lipinski definition) is 1. The van der Waals surface area contributed by atoms with Crippen molar-refractivity contribution >= 4 is 16.8 Å². The number of H-pyrrole nitrogens is 1. The van der Waals surface area contributed by atoms with Crippen molar-refractivity contribution in [2.75, 3.05) is 6.54 Å². The van der Waals surface area contributed by atoms with Crippen LogP contribution in [-0.4, -0.2) is 17.4 Å². The fraction of sp³-hybridized carbons (Fsp3) is 0.182. The Bertz CT molecular complexity index is 459. The molecule has 0 saturated heterocycles. The summed E-state index contributed by atoms with van der Waals surface area (Å²) < 4.78 is 0. The molecule has 0 atom stereocenters. The molecule has 1 heterocycles. The van der Waals surface area contributed by atoms with E-state index in [4.69, 9.17) is 0 Å². The molecule has 2 N–H and O–H groups in total. The number of benzene rings is 1. The van der Waals surface area contributed by atoms with Crippen molar-refractivity contribution < 1.29 is 4.79 Å². The van der Waals surface area contributed by atoms with Gasteiger partial charge < -0.3 is 10.3 Å². The number of aromatic amines is 1. The molecule has 0 aliphatic rings. The third-order valence-electron chi connectivity index (χ3n) is 2.15. The first-order valence-electron chi connectivity index (χ1n) is 4.66. The quantitative estimate of drug-likeness (QED) is 0.743. The smallest absolute Gasteiger partial charge is 0.251 e. The molecular formula is C11H12N2O. The minimum Gasteiger partial charge on any atom is -0.361 e. The van der Waals surface area contributed by atoms with Crippen LogP contribution >= 0.6 is 0 Å². The van der Waals surface area contributed by atoms with Crippen LogP contribution in [0.2, 0.25) is 0 Å². The van der Waals surface area contributed by atoms with E-state index < -0.39 is 0 Å². The van der Waals surface area contributed by atoms with Crippen LogP contribution in [0.4, 0.5) is 0 Å². The summed E-state index contributed by atoms with van der Waals surface area (Å²) >= 11 is 0. The molecule has 1 amide bonds. The second-order valence-corrected chi connectivity index (χ2v) is 3.14. The van der Waals surface area contributed by atoms with Gasteiger partial charge in [-0.2, -0.15) is 0 Å². The molecule has 1 aromatic heterocycles. The third-order valence-corrected chi connectivity index (χ3v) is 2.15. The number of aromatic nitrogens is 1. The van der Waals surface area contributed by atoms with Gasteiger partial charge in [-0.05, 0) is 31.2 Å². The normalized spacial score (nSPS) is 10.4. The zero-order valence-electron chi connectivity index (χ0n) is 8.00. The number of carbonyl (C=O) groups is 1. The SMILES string of the molecule is CCNC(=O)c1ccc2[nH]ccc2c1. The molecule has 0 saturated carbocycles. The van der Waals surface area contributed by atoms with Crippen molar-refractivity contribution in [1.82, 2.24) is 10.3 Å². The summed E-state index contributed by atoms with van der Waals surface area (Å²) in [7, 11) is 0. The molecule has 0 aliphatic carbocycles. The van der Waals surface area contributed by atoms with Gasteiger partial charge in [0, 0.05) is 29.2 Å². The first-order chi connectivity index (χ1) is 6.81. The first kappa shape index (κ1) is 8.81. The Balaban J connectivity index is 2.38. The van der Waals surface area contributed by atoms with E-state index >= 15 is 0 Å². The number of amides is 1. The van der Waals surface area contributed by atoms with Crippen molar-refractivity contribution in [2.45, 2.75) is 6.92 Å². The molecule has 2 rings (SSSR count). The molecule has 3 nitrogen and oxygen atoms in total. The van der Waals surface area contributed by atoms with Crippen LogP contribution in [0.3, 0.4) is 0 Å². The first-order valence-corrected chi connectivity index (χ1v) is 4.66. The van der Waals surface area contributed by atoms with Crippen LogP contribution in [0.1, 0.15) is 17.3 Å². The van der Waals surface area contributed by atoms with Gasteiger partial charge in [-0.1, -0.05) is 0 Å². The van der Waals surface area contributed by atoms with Gasteiger partial charge in [0.2, 0.25) is 0 Å². The fourth-order valence-corrected chi connectivity index (χ4v) is 1.46. The number of carbonyl (C=O) groups excluding carboxylic acids is 1. The second kappa shape index (κ2) is 3.54. The third kappa shape index (κ3) is 1.48. The number of fused-ring (bicyclic) bond motifs is 1. The standard InChI is InChI=1S/C11H12N2O/c1-2-12-11(14)9-3-4-10-8(7-9)5-6-13-10/h3-7,13H,2H2,1H3,(H,12,14). The Kier molecular flexibility index (Phi) is 2.23. The zero-order valence-corrected chi connectivity index (χ0v) is 8.00. The molecule has 0 spiro atoms. The number of rotatable bonds is 2. The predicted octanol–water partition coefficient (Wildman–Crippen LogP) is 1.92. The maximum absolute atomic E-state index is 11.5. The maximum Gasteiger partial charge on any atom is 0.251 e. The summed E-state index contributed by atoms with van der Waals surface area (Å²) in [5.74, 6) is -0.0180. The molecule has 1 aromatic carbocycles.